The van der Waals surface area contributed by atoms with Gasteiger partial charge in [0.15, 0.2) is 0 Å². The Balaban J connectivity index is 2.62. The molecule has 1 aliphatic rings. The molecule has 1 aliphatic heterocycles. The van der Waals surface area contributed by atoms with Gasteiger partial charge < -0.3 is 5.32 Å². The minimum Gasteiger partial charge on any atom is -0.326 e. The molecule has 0 radical (unpaired) electrons. The molecule has 0 saturated carbocycles. The van der Waals surface area contributed by atoms with Gasteiger partial charge in [0.1, 0.15) is 6.04 Å². The summed E-state index contributed by atoms with van der Waals surface area (Å²) in [6, 6.07) is -0.670. The van der Waals surface area contributed by atoms with E-state index in [2.05, 4.69) is 24.5 Å². The third kappa shape index (κ3) is 2.75. The Morgan fingerprint density at radius 3 is 2.80 bits per heavy atom. The number of hydrogen-bond acceptors (Lipinski definition) is 3. The molecule has 15 heavy (non-hydrogen) atoms. The predicted molar refractivity (Wildman–Crippen MR) is 61.9 cm³/mol. The van der Waals surface area contributed by atoms with Gasteiger partial charge in [-0.05, 0) is 12.0 Å². The van der Waals surface area contributed by atoms with Crippen molar-refractivity contribution in [3.63, 3.8) is 0 Å². The molecule has 1 fully saturated rings. The summed E-state index contributed by atoms with van der Waals surface area (Å²) in [7, 11) is 0. The van der Waals surface area contributed by atoms with E-state index in [0.717, 1.165) is 12.0 Å². The number of nitrogens with zero attached hydrogens (tertiary/aromatic N) is 1. The fraction of sp³-hybridized carbons (Fsp3) is 0.600. The van der Waals surface area contributed by atoms with Crippen LogP contribution in [0.5, 0.6) is 0 Å². The van der Waals surface area contributed by atoms with E-state index in [1.165, 1.54) is 4.90 Å². The van der Waals surface area contributed by atoms with Crippen LogP contribution in [0, 0.1) is 0 Å². The summed E-state index contributed by atoms with van der Waals surface area (Å²) in [4.78, 5) is 24.4. The van der Waals surface area contributed by atoms with Crippen molar-refractivity contribution in [2.24, 2.45) is 0 Å². The second kappa shape index (κ2) is 5.21. The maximum atomic E-state index is 11.7. The van der Waals surface area contributed by atoms with E-state index in [1.807, 2.05) is 6.92 Å². The van der Waals surface area contributed by atoms with Crippen molar-refractivity contribution < 1.29 is 9.59 Å². The molecule has 1 heterocycles. The quantitative estimate of drug-likeness (QED) is 0.422. The zero-order valence-electron chi connectivity index (χ0n) is 8.82. The number of urea groups is 1. The maximum Gasteiger partial charge on any atom is 0.325 e. The Bertz CT molecular complexity index is 291. The molecular weight excluding hydrogens is 212 g/mol. The molecule has 0 aromatic rings. The smallest absolute Gasteiger partial charge is 0.325 e. The molecule has 84 valence electrons. The van der Waals surface area contributed by atoms with Crippen LogP contribution in [-0.4, -0.2) is 35.2 Å². The highest BCUT2D eigenvalue weighted by Gasteiger charge is 2.36. The van der Waals surface area contributed by atoms with Gasteiger partial charge in [0.25, 0.3) is 5.91 Å². The second-order valence-electron chi connectivity index (χ2n) is 3.62. The minimum atomic E-state index is -0.352. The lowest BCUT2D eigenvalue weighted by atomic mass is 10.1. The van der Waals surface area contributed by atoms with Gasteiger partial charge in [-0.2, -0.15) is 12.6 Å². The molecule has 0 spiro atoms. The fourth-order valence-corrected chi connectivity index (χ4v) is 1.58. The molecule has 4 nitrogen and oxygen atoms in total. The highest BCUT2D eigenvalue weighted by molar-refractivity contribution is 7.80. The summed E-state index contributed by atoms with van der Waals surface area (Å²) in [6.07, 6.45) is 1.56. The Morgan fingerprint density at radius 2 is 2.27 bits per heavy atom. The molecule has 3 amide bonds. The molecule has 1 unspecified atom stereocenters. The molecule has 1 N–H and O–H groups in total. The van der Waals surface area contributed by atoms with Crippen LogP contribution in [0.4, 0.5) is 4.79 Å². The summed E-state index contributed by atoms with van der Waals surface area (Å²) < 4.78 is 0. The van der Waals surface area contributed by atoms with Gasteiger partial charge in [-0.25, -0.2) is 4.79 Å². The van der Waals surface area contributed by atoms with E-state index in [1.54, 1.807) is 0 Å². The number of carbonyl (C=O) groups excluding carboxylic acids is 2. The van der Waals surface area contributed by atoms with Gasteiger partial charge in [-0.3, -0.25) is 9.69 Å². The molecule has 1 saturated heterocycles. The lowest BCUT2D eigenvalue weighted by molar-refractivity contribution is -0.127. The lowest BCUT2D eigenvalue weighted by Gasteiger charge is -2.13. The molecule has 0 aromatic carbocycles. The first-order chi connectivity index (χ1) is 7.10. The van der Waals surface area contributed by atoms with Crippen molar-refractivity contribution >= 4 is 24.6 Å². The van der Waals surface area contributed by atoms with Crippen molar-refractivity contribution in [1.29, 1.82) is 0 Å². The van der Waals surface area contributed by atoms with Crippen LogP contribution in [0.2, 0.25) is 0 Å². The zero-order chi connectivity index (χ0) is 11.4. The van der Waals surface area contributed by atoms with E-state index >= 15 is 0 Å². The molecule has 1 rings (SSSR count). The van der Waals surface area contributed by atoms with Crippen molar-refractivity contribution in [3.8, 4) is 0 Å². The average molecular weight is 228 g/mol. The maximum absolute atomic E-state index is 11.7. The van der Waals surface area contributed by atoms with Crippen molar-refractivity contribution in [2.75, 3.05) is 12.3 Å². The summed E-state index contributed by atoms with van der Waals surface area (Å²) in [6.45, 7) is 5.98. The Labute approximate surface area is 95.1 Å². The zero-order valence-corrected chi connectivity index (χ0v) is 9.72. The largest absolute Gasteiger partial charge is 0.326 e. The molecule has 0 aliphatic carbocycles. The van der Waals surface area contributed by atoms with Gasteiger partial charge in [-0.15, -0.1) is 0 Å². The van der Waals surface area contributed by atoms with Crippen molar-refractivity contribution in [3.05, 3.63) is 12.2 Å². The summed E-state index contributed by atoms with van der Waals surface area (Å²) in [5.41, 5.74) is 0.763. The summed E-state index contributed by atoms with van der Waals surface area (Å²) in [5.74, 6) is 0.333. The van der Waals surface area contributed by atoms with Gasteiger partial charge in [0.2, 0.25) is 0 Å². The SMILES string of the molecule is C=C(CS)CN1C(=O)NC(CCC)C1=O. The first kappa shape index (κ1) is 12.1. The normalized spacial score (nSPS) is 20.7. The first-order valence-electron chi connectivity index (χ1n) is 4.99. The van der Waals surface area contributed by atoms with Crippen LogP contribution >= 0.6 is 12.6 Å². The van der Waals surface area contributed by atoms with E-state index in [-0.39, 0.29) is 24.5 Å². The third-order valence-electron chi connectivity index (χ3n) is 2.29. The van der Waals surface area contributed by atoms with Crippen LogP contribution < -0.4 is 5.32 Å². The highest BCUT2D eigenvalue weighted by Crippen LogP contribution is 2.12. The fourth-order valence-electron chi connectivity index (χ4n) is 1.48. The van der Waals surface area contributed by atoms with Gasteiger partial charge in [-0.1, -0.05) is 19.9 Å². The Hall–Kier alpha value is -0.970. The van der Waals surface area contributed by atoms with E-state index in [4.69, 9.17) is 0 Å². The number of thiol groups is 1. The van der Waals surface area contributed by atoms with Gasteiger partial charge in [0, 0.05) is 5.75 Å². The van der Waals surface area contributed by atoms with Crippen LogP contribution in [0.1, 0.15) is 19.8 Å². The van der Waals surface area contributed by atoms with Crippen LogP contribution in [0.25, 0.3) is 0 Å². The number of imide groups is 1. The van der Waals surface area contributed by atoms with Gasteiger partial charge >= 0.3 is 6.03 Å². The molecule has 1 atom stereocenters. The van der Waals surface area contributed by atoms with E-state index in [9.17, 15) is 9.59 Å². The average Bonchev–Trinajstić information content (AvgIpc) is 2.46. The highest BCUT2D eigenvalue weighted by atomic mass is 32.1. The predicted octanol–water partition coefficient (Wildman–Crippen LogP) is 1.19. The van der Waals surface area contributed by atoms with Crippen LogP contribution in [0.15, 0.2) is 12.2 Å². The topological polar surface area (TPSA) is 49.4 Å². The molecule has 0 aromatic heterocycles. The summed E-state index contributed by atoms with van der Waals surface area (Å²) in [5, 5.41) is 2.66. The van der Waals surface area contributed by atoms with E-state index < -0.39 is 0 Å². The van der Waals surface area contributed by atoms with E-state index in [0.29, 0.717) is 12.2 Å². The number of nitrogens with one attached hydrogen (secondary N) is 1. The number of hydrogen-bond donors (Lipinski definition) is 2. The lowest BCUT2D eigenvalue weighted by Crippen LogP contribution is -2.33. The van der Waals surface area contributed by atoms with Crippen molar-refractivity contribution in [2.45, 2.75) is 25.8 Å². The third-order valence-corrected chi connectivity index (χ3v) is 2.74. The van der Waals surface area contributed by atoms with Crippen LogP contribution in [-0.2, 0) is 4.79 Å². The van der Waals surface area contributed by atoms with Crippen LogP contribution in [0.3, 0.4) is 0 Å². The Kier molecular flexibility index (Phi) is 4.20. The number of rotatable bonds is 5. The summed E-state index contributed by atoms with van der Waals surface area (Å²) >= 11 is 4.04. The molecule has 5 heteroatoms. The second-order valence-corrected chi connectivity index (χ2v) is 3.94. The molecular formula is C10H16N2O2S. The Morgan fingerprint density at radius 1 is 1.60 bits per heavy atom. The minimum absolute atomic E-state index is 0.148. The standard InChI is InChI=1S/C10H16N2O2S/c1-3-4-8-9(13)12(10(14)11-8)5-7(2)6-15/h8,15H,2-6H2,1H3,(H,11,14). The monoisotopic (exact) mass is 228 g/mol. The molecule has 0 bridgehead atoms. The first-order valence-corrected chi connectivity index (χ1v) is 5.62. The number of amides is 3. The van der Waals surface area contributed by atoms with Gasteiger partial charge in [0.05, 0.1) is 6.54 Å². The number of carbonyl (C=O) groups is 2. The van der Waals surface area contributed by atoms with Crippen molar-refractivity contribution in [1.82, 2.24) is 10.2 Å².